The molecule has 0 aliphatic rings. The lowest BCUT2D eigenvalue weighted by Crippen LogP contribution is -2.36. The molecule has 1 N–H and O–H groups in total. The molecule has 1 heterocycles. The summed E-state index contributed by atoms with van der Waals surface area (Å²) in [5, 5.41) is 9.21. The third kappa shape index (κ3) is 3.51. The average Bonchev–Trinajstić information content (AvgIpc) is 3.00. The van der Waals surface area contributed by atoms with Crippen molar-refractivity contribution in [3.05, 3.63) is 54.4 Å². The maximum Gasteiger partial charge on any atom is 0.245 e. The number of phenolic OH excluding ortho intramolecular Hbond substituents is 1. The Bertz CT molecular complexity index is 617. The standard InChI is InChI=1S/C16H18N2O3/c1-12(18-9-3-4-10-18)16(21)17(2)11-15(20)13-5-7-14(19)8-6-13/h3-10,12,19H,11H2,1-2H3/t12-/m0/s1. The summed E-state index contributed by atoms with van der Waals surface area (Å²) in [4.78, 5) is 25.8. The summed E-state index contributed by atoms with van der Waals surface area (Å²) in [6, 6.07) is 9.36. The summed E-state index contributed by atoms with van der Waals surface area (Å²) >= 11 is 0. The molecule has 0 unspecified atom stereocenters. The van der Waals surface area contributed by atoms with E-state index in [0.717, 1.165) is 0 Å². The number of hydrogen-bond donors (Lipinski definition) is 1. The Labute approximate surface area is 123 Å². The average molecular weight is 286 g/mol. The van der Waals surface area contributed by atoms with Crippen LogP contribution in [0.3, 0.4) is 0 Å². The van der Waals surface area contributed by atoms with Crippen molar-refractivity contribution in [3.8, 4) is 5.75 Å². The number of ketones is 1. The molecular formula is C16H18N2O3. The summed E-state index contributed by atoms with van der Waals surface area (Å²) < 4.78 is 1.80. The zero-order valence-electron chi connectivity index (χ0n) is 12.1. The molecule has 0 bridgehead atoms. The van der Waals surface area contributed by atoms with Gasteiger partial charge in [0.2, 0.25) is 5.91 Å². The number of amides is 1. The molecule has 0 aliphatic heterocycles. The van der Waals surface area contributed by atoms with Gasteiger partial charge in [0.1, 0.15) is 11.8 Å². The molecule has 0 fully saturated rings. The normalized spacial score (nSPS) is 11.9. The van der Waals surface area contributed by atoms with Gasteiger partial charge < -0.3 is 14.6 Å². The Kier molecular flexibility index (Phi) is 4.42. The fraction of sp³-hybridized carbons (Fsp3) is 0.250. The Hall–Kier alpha value is -2.56. The lowest BCUT2D eigenvalue weighted by Gasteiger charge is -2.21. The lowest BCUT2D eigenvalue weighted by molar-refractivity contribution is -0.132. The molecule has 0 spiro atoms. The van der Waals surface area contributed by atoms with Gasteiger partial charge in [0.15, 0.2) is 5.78 Å². The third-order valence-corrected chi connectivity index (χ3v) is 3.38. The predicted octanol–water partition coefficient (Wildman–Crippen LogP) is 2.10. The van der Waals surface area contributed by atoms with Crippen LogP contribution in [0.15, 0.2) is 48.8 Å². The number of hydrogen-bond acceptors (Lipinski definition) is 3. The molecule has 1 aromatic carbocycles. The molecule has 0 saturated heterocycles. The number of carbonyl (C=O) groups is 2. The van der Waals surface area contributed by atoms with Crippen molar-refractivity contribution in [1.82, 2.24) is 9.47 Å². The van der Waals surface area contributed by atoms with Crippen LogP contribution in [0.5, 0.6) is 5.75 Å². The van der Waals surface area contributed by atoms with Gasteiger partial charge >= 0.3 is 0 Å². The van der Waals surface area contributed by atoms with E-state index in [0.29, 0.717) is 5.56 Å². The molecule has 110 valence electrons. The van der Waals surface area contributed by atoms with E-state index in [1.807, 2.05) is 24.5 Å². The number of carbonyl (C=O) groups excluding carboxylic acids is 2. The molecule has 0 aliphatic carbocycles. The fourth-order valence-electron chi connectivity index (χ4n) is 2.08. The van der Waals surface area contributed by atoms with Gasteiger partial charge in [0.25, 0.3) is 0 Å². The Morgan fingerprint density at radius 3 is 2.33 bits per heavy atom. The van der Waals surface area contributed by atoms with E-state index >= 15 is 0 Å². The van der Waals surface area contributed by atoms with Crippen molar-refractivity contribution in [2.24, 2.45) is 0 Å². The van der Waals surface area contributed by atoms with E-state index in [9.17, 15) is 14.7 Å². The molecule has 21 heavy (non-hydrogen) atoms. The topological polar surface area (TPSA) is 62.5 Å². The van der Waals surface area contributed by atoms with Crippen LogP contribution in [-0.2, 0) is 4.79 Å². The quantitative estimate of drug-likeness (QED) is 0.856. The van der Waals surface area contributed by atoms with Crippen LogP contribution in [0.25, 0.3) is 0 Å². The fourth-order valence-corrected chi connectivity index (χ4v) is 2.08. The van der Waals surface area contributed by atoms with Gasteiger partial charge in [-0.1, -0.05) is 0 Å². The maximum absolute atomic E-state index is 12.3. The van der Waals surface area contributed by atoms with Crippen LogP contribution in [-0.4, -0.2) is 39.9 Å². The monoisotopic (exact) mass is 286 g/mol. The smallest absolute Gasteiger partial charge is 0.245 e. The molecule has 2 rings (SSSR count). The van der Waals surface area contributed by atoms with Gasteiger partial charge in [-0.3, -0.25) is 9.59 Å². The van der Waals surface area contributed by atoms with E-state index in [2.05, 4.69) is 0 Å². The largest absolute Gasteiger partial charge is 0.508 e. The van der Waals surface area contributed by atoms with Crippen molar-refractivity contribution in [3.63, 3.8) is 0 Å². The van der Waals surface area contributed by atoms with Gasteiger partial charge in [0.05, 0.1) is 6.54 Å². The van der Waals surface area contributed by atoms with Crippen LogP contribution in [0.1, 0.15) is 23.3 Å². The minimum Gasteiger partial charge on any atom is -0.508 e. The van der Waals surface area contributed by atoms with E-state index < -0.39 is 0 Å². The zero-order valence-corrected chi connectivity index (χ0v) is 12.1. The van der Waals surface area contributed by atoms with Crippen molar-refractivity contribution >= 4 is 11.7 Å². The minimum atomic E-state index is -0.349. The first-order chi connectivity index (χ1) is 9.99. The number of nitrogens with zero attached hydrogens (tertiary/aromatic N) is 2. The van der Waals surface area contributed by atoms with Crippen LogP contribution in [0, 0.1) is 0 Å². The second-order valence-electron chi connectivity index (χ2n) is 4.97. The Morgan fingerprint density at radius 1 is 1.19 bits per heavy atom. The molecule has 0 saturated carbocycles. The van der Waals surface area contributed by atoms with Crippen LogP contribution >= 0.6 is 0 Å². The summed E-state index contributed by atoms with van der Waals surface area (Å²) in [6.45, 7) is 1.80. The number of rotatable bonds is 5. The predicted molar refractivity (Wildman–Crippen MR) is 79.2 cm³/mol. The number of benzene rings is 1. The van der Waals surface area contributed by atoms with E-state index in [-0.39, 0.29) is 30.0 Å². The third-order valence-electron chi connectivity index (χ3n) is 3.38. The summed E-state index contributed by atoms with van der Waals surface area (Å²) in [7, 11) is 1.61. The first kappa shape index (κ1) is 14.8. The van der Waals surface area contributed by atoms with Crippen molar-refractivity contribution in [1.29, 1.82) is 0 Å². The van der Waals surface area contributed by atoms with Crippen LogP contribution in [0.4, 0.5) is 0 Å². The number of aromatic hydroxyl groups is 1. The number of aromatic nitrogens is 1. The molecule has 5 heteroatoms. The highest BCUT2D eigenvalue weighted by molar-refractivity contribution is 5.99. The van der Waals surface area contributed by atoms with Crippen LogP contribution in [0.2, 0.25) is 0 Å². The number of phenols is 1. The second kappa shape index (κ2) is 6.26. The van der Waals surface area contributed by atoms with E-state index in [4.69, 9.17) is 0 Å². The first-order valence-electron chi connectivity index (χ1n) is 6.68. The molecule has 0 radical (unpaired) electrons. The van der Waals surface area contributed by atoms with Crippen LogP contribution < -0.4 is 0 Å². The first-order valence-corrected chi connectivity index (χ1v) is 6.68. The molecule has 5 nitrogen and oxygen atoms in total. The lowest BCUT2D eigenvalue weighted by atomic mass is 10.1. The molecule has 1 atom stereocenters. The molecule has 1 aromatic heterocycles. The number of Topliss-reactive ketones (excluding diaryl/α,β-unsaturated/α-hetero) is 1. The highest BCUT2D eigenvalue weighted by Gasteiger charge is 2.20. The van der Waals surface area contributed by atoms with Gasteiger partial charge in [0, 0.05) is 25.0 Å². The van der Waals surface area contributed by atoms with Gasteiger partial charge in [-0.2, -0.15) is 0 Å². The molecular weight excluding hydrogens is 268 g/mol. The van der Waals surface area contributed by atoms with Crippen molar-refractivity contribution < 1.29 is 14.7 Å². The highest BCUT2D eigenvalue weighted by Crippen LogP contribution is 2.12. The maximum atomic E-state index is 12.3. The van der Waals surface area contributed by atoms with Crippen molar-refractivity contribution in [2.45, 2.75) is 13.0 Å². The number of likely N-dealkylation sites (N-methyl/N-ethyl adjacent to an activating group) is 1. The van der Waals surface area contributed by atoms with E-state index in [1.54, 1.807) is 30.7 Å². The SMILES string of the molecule is C[C@@H](C(=O)N(C)CC(=O)c1ccc(O)cc1)n1cccc1. The summed E-state index contributed by atoms with van der Waals surface area (Å²) in [6.07, 6.45) is 3.64. The van der Waals surface area contributed by atoms with E-state index in [1.165, 1.54) is 17.0 Å². The van der Waals surface area contributed by atoms with Crippen molar-refractivity contribution in [2.75, 3.05) is 13.6 Å². The molecule has 2 aromatic rings. The van der Waals surface area contributed by atoms with Gasteiger partial charge in [-0.15, -0.1) is 0 Å². The molecule has 1 amide bonds. The van der Waals surface area contributed by atoms with Gasteiger partial charge in [-0.05, 0) is 43.3 Å². The summed E-state index contributed by atoms with van der Waals surface area (Å²) in [5.74, 6) is -0.180. The Morgan fingerprint density at radius 2 is 1.76 bits per heavy atom. The summed E-state index contributed by atoms with van der Waals surface area (Å²) in [5.41, 5.74) is 0.473. The Balaban J connectivity index is 2.00. The second-order valence-corrected chi connectivity index (χ2v) is 4.97. The zero-order chi connectivity index (χ0) is 15.4. The minimum absolute atomic E-state index is 0.00914. The van der Waals surface area contributed by atoms with Gasteiger partial charge in [-0.25, -0.2) is 0 Å². The highest BCUT2D eigenvalue weighted by atomic mass is 16.3.